The van der Waals surface area contributed by atoms with E-state index in [1.165, 1.54) is 5.56 Å². The number of thiophene rings is 1. The van der Waals surface area contributed by atoms with Crippen molar-refractivity contribution in [1.29, 1.82) is 0 Å². The highest BCUT2D eigenvalue weighted by atomic mass is 32.1. The van der Waals surface area contributed by atoms with Crippen LogP contribution in [0.2, 0.25) is 0 Å². The maximum Gasteiger partial charge on any atom is 0.247 e. The van der Waals surface area contributed by atoms with E-state index >= 15 is 0 Å². The molecule has 0 aliphatic carbocycles. The zero-order valence-electron chi connectivity index (χ0n) is 13.4. The van der Waals surface area contributed by atoms with Crippen LogP contribution < -0.4 is 5.32 Å². The SMILES string of the molecule is CCc1ccc(NC(=O)C(C)n2c(-c3cccs3)n[nH]c2=S)cc1. The van der Waals surface area contributed by atoms with E-state index in [2.05, 4.69) is 22.4 Å². The summed E-state index contributed by atoms with van der Waals surface area (Å²) in [7, 11) is 0. The van der Waals surface area contributed by atoms with E-state index in [9.17, 15) is 4.79 Å². The fourth-order valence-corrected chi connectivity index (χ4v) is 3.43. The van der Waals surface area contributed by atoms with Gasteiger partial charge in [-0.25, -0.2) is 0 Å². The third-order valence-electron chi connectivity index (χ3n) is 3.84. The summed E-state index contributed by atoms with van der Waals surface area (Å²) in [6, 6.07) is 11.3. The number of aromatic amines is 1. The van der Waals surface area contributed by atoms with Gasteiger partial charge in [0.1, 0.15) is 6.04 Å². The first-order valence-electron chi connectivity index (χ1n) is 7.70. The largest absolute Gasteiger partial charge is 0.324 e. The van der Waals surface area contributed by atoms with Gasteiger partial charge in [-0.2, -0.15) is 5.10 Å². The van der Waals surface area contributed by atoms with Crippen molar-refractivity contribution in [3.05, 3.63) is 52.1 Å². The Hall–Kier alpha value is -2.25. The molecule has 2 N–H and O–H groups in total. The molecule has 1 amide bonds. The molecule has 1 aromatic carbocycles. The number of H-pyrrole nitrogens is 1. The van der Waals surface area contributed by atoms with Crippen LogP contribution in [0.1, 0.15) is 25.5 Å². The van der Waals surface area contributed by atoms with Gasteiger partial charge in [-0.15, -0.1) is 11.3 Å². The highest BCUT2D eigenvalue weighted by molar-refractivity contribution is 7.71. The van der Waals surface area contributed by atoms with Crippen molar-refractivity contribution in [2.24, 2.45) is 0 Å². The summed E-state index contributed by atoms with van der Waals surface area (Å²) >= 11 is 6.87. The highest BCUT2D eigenvalue weighted by Gasteiger charge is 2.21. The molecule has 124 valence electrons. The van der Waals surface area contributed by atoms with Crippen molar-refractivity contribution in [3.8, 4) is 10.7 Å². The van der Waals surface area contributed by atoms with Gasteiger partial charge >= 0.3 is 0 Å². The minimum atomic E-state index is -0.473. The van der Waals surface area contributed by atoms with Gasteiger partial charge in [0.2, 0.25) is 5.91 Å². The molecule has 1 atom stereocenters. The second-order valence-electron chi connectivity index (χ2n) is 5.42. The average Bonchev–Trinajstić information content (AvgIpc) is 3.24. The predicted molar refractivity (Wildman–Crippen MR) is 99.9 cm³/mol. The molecule has 0 aliphatic heterocycles. The first-order chi connectivity index (χ1) is 11.6. The van der Waals surface area contributed by atoms with Crippen LogP contribution in [0, 0.1) is 4.77 Å². The second kappa shape index (κ2) is 7.11. The topological polar surface area (TPSA) is 62.7 Å². The van der Waals surface area contributed by atoms with Crippen LogP contribution in [0.4, 0.5) is 5.69 Å². The molecule has 0 radical (unpaired) electrons. The standard InChI is InChI=1S/C17H18N4OS2/c1-3-12-6-8-13(9-7-12)18-16(22)11(2)21-15(19-20-17(21)23)14-5-4-10-24-14/h4-11H,3H2,1-2H3,(H,18,22)(H,20,23). The van der Waals surface area contributed by atoms with E-state index in [1.807, 2.05) is 48.7 Å². The summed E-state index contributed by atoms with van der Waals surface area (Å²) in [5.41, 5.74) is 2.01. The zero-order valence-corrected chi connectivity index (χ0v) is 15.1. The number of hydrogen-bond donors (Lipinski definition) is 2. The molecule has 0 saturated heterocycles. The molecule has 0 fully saturated rings. The third-order valence-corrected chi connectivity index (χ3v) is 5.00. The highest BCUT2D eigenvalue weighted by Crippen LogP contribution is 2.26. The maximum atomic E-state index is 12.6. The van der Waals surface area contributed by atoms with Crippen LogP contribution in [0.25, 0.3) is 10.7 Å². The minimum Gasteiger partial charge on any atom is -0.324 e. The molecule has 2 heterocycles. The number of rotatable bonds is 5. The molecule has 5 nitrogen and oxygen atoms in total. The summed E-state index contributed by atoms with van der Waals surface area (Å²) in [6.07, 6.45) is 0.971. The monoisotopic (exact) mass is 358 g/mol. The first-order valence-corrected chi connectivity index (χ1v) is 8.99. The van der Waals surface area contributed by atoms with Gasteiger partial charge in [0.05, 0.1) is 4.88 Å². The number of aromatic nitrogens is 3. The summed E-state index contributed by atoms with van der Waals surface area (Å²) in [6.45, 7) is 3.92. The molecule has 0 aliphatic rings. The number of nitrogens with zero attached hydrogens (tertiary/aromatic N) is 2. The molecular formula is C17H18N4OS2. The van der Waals surface area contributed by atoms with Crippen molar-refractivity contribution in [2.45, 2.75) is 26.3 Å². The number of benzene rings is 1. The van der Waals surface area contributed by atoms with Gasteiger partial charge in [0.15, 0.2) is 10.6 Å². The summed E-state index contributed by atoms with van der Waals surface area (Å²) in [5.74, 6) is 0.550. The smallest absolute Gasteiger partial charge is 0.247 e. The van der Waals surface area contributed by atoms with E-state index in [0.29, 0.717) is 10.6 Å². The lowest BCUT2D eigenvalue weighted by atomic mass is 10.1. The van der Waals surface area contributed by atoms with E-state index in [-0.39, 0.29) is 5.91 Å². The van der Waals surface area contributed by atoms with E-state index in [0.717, 1.165) is 17.0 Å². The quantitative estimate of drug-likeness (QED) is 0.663. The predicted octanol–water partition coefficient (Wildman–Crippen LogP) is 4.43. The Morgan fingerprint density at radius 3 is 2.75 bits per heavy atom. The van der Waals surface area contributed by atoms with E-state index < -0.39 is 6.04 Å². The third kappa shape index (κ3) is 3.32. The molecule has 3 aromatic rings. The zero-order chi connectivity index (χ0) is 17.1. The number of hydrogen-bond acceptors (Lipinski definition) is 4. The normalized spacial score (nSPS) is 12.1. The van der Waals surface area contributed by atoms with Crippen molar-refractivity contribution >= 4 is 35.1 Å². The molecule has 2 aromatic heterocycles. The summed E-state index contributed by atoms with van der Waals surface area (Å²) in [5, 5.41) is 12.0. The summed E-state index contributed by atoms with van der Waals surface area (Å²) in [4.78, 5) is 13.6. The fourth-order valence-electron chi connectivity index (χ4n) is 2.43. The Kier molecular flexibility index (Phi) is 4.92. The molecule has 24 heavy (non-hydrogen) atoms. The molecule has 0 bridgehead atoms. The van der Waals surface area contributed by atoms with Gasteiger partial charge in [-0.05, 0) is 54.7 Å². The Balaban J connectivity index is 1.83. The summed E-state index contributed by atoms with van der Waals surface area (Å²) < 4.78 is 2.18. The molecular weight excluding hydrogens is 340 g/mol. The number of anilines is 1. The second-order valence-corrected chi connectivity index (χ2v) is 6.75. The lowest BCUT2D eigenvalue weighted by Gasteiger charge is -2.15. The van der Waals surface area contributed by atoms with Crippen LogP contribution in [0.15, 0.2) is 41.8 Å². The number of carbonyl (C=O) groups is 1. The number of carbonyl (C=O) groups excluding carboxylic acids is 1. The Morgan fingerprint density at radius 2 is 2.12 bits per heavy atom. The lowest BCUT2D eigenvalue weighted by molar-refractivity contribution is -0.118. The molecule has 3 rings (SSSR count). The minimum absolute atomic E-state index is 0.130. The van der Waals surface area contributed by atoms with Crippen LogP contribution in [-0.4, -0.2) is 20.7 Å². The number of aryl methyl sites for hydroxylation is 1. The average molecular weight is 358 g/mol. The fraction of sp³-hybridized carbons (Fsp3) is 0.235. The Labute approximate surface area is 149 Å². The van der Waals surface area contributed by atoms with Gasteiger partial charge in [0.25, 0.3) is 0 Å². The lowest BCUT2D eigenvalue weighted by Crippen LogP contribution is -2.24. The van der Waals surface area contributed by atoms with Crippen molar-refractivity contribution in [1.82, 2.24) is 14.8 Å². The van der Waals surface area contributed by atoms with Gasteiger partial charge in [-0.3, -0.25) is 14.5 Å². The van der Waals surface area contributed by atoms with Crippen LogP contribution in [-0.2, 0) is 11.2 Å². The van der Waals surface area contributed by atoms with Crippen molar-refractivity contribution in [2.75, 3.05) is 5.32 Å². The van der Waals surface area contributed by atoms with Gasteiger partial charge in [-0.1, -0.05) is 25.1 Å². The van der Waals surface area contributed by atoms with Crippen molar-refractivity contribution in [3.63, 3.8) is 0 Å². The van der Waals surface area contributed by atoms with E-state index in [4.69, 9.17) is 12.2 Å². The molecule has 7 heteroatoms. The molecule has 1 unspecified atom stereocenters. The van der Waals surface area contributed by atoms with Gasteiger partial charge < -0.3 is 5.32 Å². The van der Waals surface area contributed by atoms with Crippen molar-refractivity contribution < 1.29 is 4.79 Å². The number of amides is 1. The van der Waals surface area contributed by atoms with Gasteiger partial charge in [0, 0.05) is 5.69 Å². The Morgan fingerprint density at radius 1 is 1.38 bits per heavy atom. The van der Waals surface area contributed by atoms with Crippen LogP contribution >= 0.6 is 23.6 Å². The van der Waals surface area contributed by atoms with Crippen LogP contribution in [0.5, 0.6) is 0 Å². The van der Waals surface area contributed by atoms with E-state index in [1.54, 1.807) is 15.9 Å². The maximum absolute atomic E-state index is 12.6. The van der Waals surface area contributed by atoms with Crippen LogP contribution in [0.3, 0.4) is 0 Å². The Bertz CT molecular complexity index is 878. The number of nitrogens with one attached hydrogen (secondary N) is 2. The molecule has 0 spiro atoms. The first kappa shape index (κ1) is 16.6. The molecule has 0 saturated carbocycles.